The largest absolute Gasteiger partial charge is 0.495 e. The summed E-state index contributed by atoms with van der Waals surface area (Å²) in [4.78, 5) is 14.0. The molecular weight excluding hydrogens is 182 g/mol. The maximum atomic E-state index is 10.2. The molecule has 4 nitrogen and oxygen atoms in total. The molecule has 0 spiro atoms. The fourth-order valence-electron chi connectivity index (χ4n) is 0.821. The first-order valence-corrected chi connectivity index (χ1v) is 3.92. The van der Waals surface area contributed by atoms with Crippen molar-refractivity contribution in [1.82, 2.24) is 4.98 Å². The van der Waals surface area contributed by atoms with Gasteiger partial charge in [0.1, 0.15) is 12.2 Å². The van der Waals surface area contributed by atoms with Crippen LogP contribution in [0.25, 0.3) is 0 Å². The number of carboxylic acids is 1. The molecular formula is C10H9NO3. The number of carboxylic acid groups (broad SMARTS) is 1. The van der Waals surface area contributed by atoms with E-state index in [2.05, 4.69) is 16.8 Å². The van der Waals surface area contributed by atoms with E-state index in [1.807, 2.05) is 0 Å². The van der Waals surface area contributed by atoms with Crippen molar-refractivity contribution < 1.29 is 14.6 Å². The van der Waals surface area contributed by atoms with Crippen molar-refractivity contribution in [2.75, 3.05) is 7.11 Å². The summed E-state index contributed by atoms with van der Waals surface area (Å²) in [6, 6.07) is 1.70. The number of methoxy groups -OCH3 is 1. The van der Waals surface area contributed by atoms with Crippen LogP contribution >= 0.6 is 0 Å². The maximum absolute atomic E-state index is 10.2. The number of rotatable bonds is 2. The van der Waals surface area contributed by atoms with E-state index in [0.29, 0.717) is 11.3 Å². The van der Waals surface area contributed by atoms with Crippen molar-refractivity contribution in [3.05, 3.63) is 24.0 Å². The third-order valence-electron chi connectivity index (χ3n) is 1.42. The number of hydrogen-bond donors (Lipinski definition) is 1. The Bertz CT molecular complexity index is 390. The summed E-state index contributed by atoms with van der Waals surface area (Å²) in [6.45, 7) is 0. The maximum Gasteiger partial charge on any atom is 0.315 e. The van der Waals surface area contributed by atoms with Crippen LogP contribution in [-0.4, -0.2) is 23.2 Å². The quantitative estimate of drug-likeness (QED) is 0.706. The molecule has 0 saturated carbocycles. The van der Waals surface area contributed by atoms with E-state index in [1.54, 1.807) is 18.5 Å². The van der Waals surface area contributed by atoms with Crippen LogP contribution in [0.4, 0.5) is 0 Å². The molecule has 0 bridgehead atoms. The highest BCUT2D eigenvalue weighted by Crippen LogP contribution is 2.08. The molecule has 0 unspecified atom stereocenters. The van der Waals surface area contributed by atoms with Gasteiger partial charge in [-0.3, -0.25) is 9.78 Å². The van der Waals surface area contributed by atoms with Gasteiger partial charge in [-0.2, -0.15) is 0 Å². The molecule has 0 aromatic carbocycles. The van der Waals surface area contributed by atoms with Gasteiger partial charge >= 0.3 is 5.97 Å². The van der Waals surface area contributed by atoms with E-state index in [4.69, 9.17) is 9.84 Å². The number of aromatic nitrogens is 1. The molecule has 0 aliphatic rings. The second-order valence-electron chi connectivity index (χ2n) is 2.49. The first-order chi connectivity index (χ1) is 6.72. The van der Waals surface area contributed by atoms with Crippen molar-refractivity contribution in [3.8, 4) is 17.6 Å². The number of aliphatic carboxylic acids is 1. The molecule has 0 radical (unpaired) electrons. The fraction of sp³-hybridized carbons (Fsp3) is 0.200. The average molecular weight is 191 g/mol. The lowest BCUT2D eigenvalue weighted by Gasteiger charge is -1.97. The highest BCUT2D eigenvalue weighted by Gasteiger charge is 1.93. The molecule has 0 aliphatic carbocycles. The zero-order valence-electron chi connectivity index (χ0n) is 7.65. The monoisotopic (exact) mass is 191 g/mol. The highest BCUT2D eigenvalue weighted by molar-refractivity contribution is 5.70. The van der Waals surface area contributed by atoms with E-state index in [-0.39, 0.29) is 6.42 Å². The van der Waals surface area contributed by atoms with Crippen LogP contribution in [0.2, 0.25) is 0 Å². The van der Waals surface area contributed by atoms with Crippen molar-refractivity contribution in [2.24, 2.45) is 0 Å². The normalized spacial score (nSPS) is 8.64. The Morgan fingerprint density at radius 3 is 3.07 bits per heavy atom. The summed E-state index contributed by atoms with van der Waals surface area (Å²) in [6.07, 6.45) is 2.94. The molecule has 4 heteroatoms. The molecule has 0 aliphatic heterocycles. The molecule has 0 atom stereocenters. The minimum atomic E-state index is -0.937. The van der Waals surface area contributed by atoms with Gasteiger partial charge in [-0.15, -0.1) is 0 Å². The SMILES string of the molecule is COc1cncc(C#CCC(=O)O)c1. The van der Waals surface area contributed by atoms with E-state index < -0.39 is 5.97 Å². The van der Waals surface area contributed by atoms with Gasteiger partial charge in [-0.25, -0.2) is 0 Å². The molecule has 1 N–H and O–H groups in total. The van der Waals surface area contributed by atoms with Crippen LogP contribution in [0.1, 0.15) is 12.0 Å². The Hall–Kier alpha value is -2.02. The Morgan fingerprint density at radius 1 is 1.64 bits per heavy atom. The molecule has 1 rings (SSSR count). The summed E-state index contributed by atoms with van der Waals surface area (Å²) < 4.78 is 4.94. The summed E-state index contributed by atoms with van der Waals surface area (Å²) >= 11 is 0. The molecule has 0 fully saturated rings. The van der Waals surface area contributed by atoms with Gasteiger partial charge in [-0.05, 0) is 6.07 Å². The second kappa shape index (κ2) is 4.87. The van der Waals surface area contributed by atoms with Gasteiger partial charge in [0, 0.05) is 11.8 Å². The van der Waals surface area contributed by atoms with Crippen LogP contribution < -0.4 is 4.74 Å². The lowest BCUT2D eigenvalue weighted by atomic mass is 10.2. The first kappa shape index (κ1) is 10.1. The Morgan fingerprint density at radius 2 is 2.43 bits per heavy atom. The predicted octanol–water partition coefficient (Wildman–Crippen LogP) is 0.916. The van der Waals surface area contributed by atoms with Crippen LogP contribution in [0.5, 0.6) is 5.75 Å². The van der Waals surface area contributed by atoms with Crippen LogP contribution in [0.3, 0.4) is 0 Å². The summed E-state index contributed by atoms with van der Waals surface area (Å²) in [5.41, 5.74) is 0.644. The molecule has 1 aromatic rings. The molecule has 14 heavy (non-hydrogen) atoms. The number of ether oxygens (including phenoxy) is 1. The Kier molecular flexibility index (Phi) is 3.50. The minimum absolute atomic E-state index is 0.169. The van der Waals surface area contributed by atoms with Crippen molar-refractivity contribution in [2.45, 2.75) is 6.42 Å². The van der Waals surface area contributed by atoms with Crippen molar-refractivity contribution >= 4 is 5.97 Å². The van der Waals surface area contributed by atoms with E-state index in [9.17, 15) is 4.79 Å². The van der Waals surface area contributed by atoms with Gasteiger partial charge in [0.2, 0.25) is 0 Å². The van der Waals surface area contributed by atoms with Crippen LogP contribution in [-0.2, 0) is 4.79 Å². The lowest BCUT2D eigenvalue weighted by molar-refractivity contribution is -0.135. The predicted molar refractivity (Wildman–Crippen MR) is 49.9 cm³/mol. The zero-order valence-corrected chi connectivity index (χ0v) is 7.65. The number of carbonyl (C=O) groups is 1. The Balaban J connectivity index is 2.74. The third-order valence-corrected chi connectivity index (χ3v) is 1.42. The van der Waals surface area contributed by atoms with Gasteiger partial charge in [0.25, 0.3) is 0 Å². The van der Waals surface area contributed by atoms with Gasteiger partial charge in [0.15, 0.2) is 0 Å². The third kappa shape index (κ3) is 3.15. The standard InChI is InChI=1S/C10H9NO3/c1-14-9-5-8(6-11-7-9)3-2-4-10(12)13/h5-7H,4H2,1H3,(H,12,13). The summed E-state index contributed by atoms with van der Waals surface area (Å²) in [7, 11) is 1.53. The van der Waals surface area contributed by atoms with E-state index in [1.165, 1.54) is 7.11 Å². The van der Waals surface area contributed by atoms with E-state index >= 15 is 0 Å². The van der Waals surface area contributed by atoms with Crippen molar-refractivity contribution in [1.29, 1.82) is 0 Å². The zero-order chi connectivity index (χ0) is 10.4. The molecule has 1 aromatic heterocycles. The molecule has 0 saturated heterocycles. The fourth-order valence-corrected chi connectivity index (χ4v) is 0.821. The molecule has 0 amide bonds. The molecule has 1 heterocycles. The Labute approximate surface area is 81.5 Å². The number of hydrogen-bond acceptors (Lipinski definition) is 3. The highest BCUT2D eigenvalue weighted by atomic mass is 16.5. The van der Waals surface area contributed by atoms with Gasteiger partial charge in [-0.1, -0.05) is 11.8 Å². The minimum Gasteiger partial charge on any atom is -0.495 e. The lowest BCUT2D eigenvalue weighted by Crippen LogP contribution is -1.90. The van der Waals surface area contributed by atoms with E-state index in [0.717, 1.165) is 0 Å². The molecule has 72 valence electrons. The second-order valence-corrected chi connectivity index (χ2v) is 2.49. The average Bonchev–Trinajstić information content (AvgIpc) is 2.18. The topological polar surface area (TPSA) is 59.4 Å². The van der Waals surface area contributed by atoms with Crippen LogP contribution in [0.15, 0.2) is 18.5 Å². The van der Waals surface area contributed by atoms with Gasteiger partial charge in [0.05, 0.1) is 13.3 Å². The summed E-state index contributed by atoms with van der Waals surface area (Å²) in [5, 5.41) is 8.35. The van der Waals surface area contributed by atoms with Crippen LogP contribution in [0, 0.1) is 11.8 Å². The van der Waals surface area contributed by atoms with Gasteiger partial charge < -0.3 is 9.84 Å². The first-order valence-electron chi connectivity index (χ1n) is 3.92. The smallest absolute Gasteiger partial charge is 0.315 e. The summed E-state index contributed by atoms with van der Waals surface area (Å²) in [5.74, 6) is 4.85. The number of pyridine rings is 1. The number of nitrogens with zero attached hydrogens (tertiary/aromatic N) is 1. The van der Waals surface area contributed by atoms with Crippen molar-refractivity contribution in [3.63, 3.8) is 0 Å².